The van der Waals surface area contributed by atoms with Crippen LogP contribution in [0.1, 0.15) is 11.1 Å². The lowest BCUT2D eigenvalue weighted by Crippen LogP contribution is -2.47. The van der Waals surface area contributed by atoms with E-state index < -0.39 is 0 Å². The first-order chi connectivity index (χ1) is 14.2. The van der Waals surface area contributed by atoms with Crippen LogP contribution in [0, 0.1) is 13.8 Å². The molecule has 1 saturated heterocycles. The molecule has 0 radical (unpaired) electrons. The summed E-state index contributed by atoms with van der Waals surface area (Å²) >= 11 is 0. The molecular formula is C22H26N6O. The zero-order valence-electron chi connectivity index (χ0n) is 17.1. The van der Waals surface area contributed by atoms with Crippen LogP contribution in [0.4, 0.5) is 23.1 Å². The number of aromatic nitrogens is 3. The standard InChI is InChI=1S/C22H26N6O/c1-16-7-6-8-17(2)21(16)24-20-15-23-26-22(25-20)28-13-11-27(12-14-28)18-9-4-5-10-19(18)29-3/h4-10,15H,11-14H2,1-3H3,(H,24,25,26). The number of aryl methyl sites for hydroxylation is 2. The summed E-state index contributed by atoms with van der Waals surface area (Å²) in [7, 11) is 1.71. The number of rotatable bonds is 5. The average molecular weight is 390 g/mol. The summed E-state index contributed by atoms with van der Waals surface area (Å²) in [6.07, 6.45) is 1.67. The largest absolute Gasteiger partial charge is 0.495 e. The second kappa shape index (κ2) is 8.34. The Morgan fingerprint density at radius 1 is 0.897 bits per heavy atom. The molecule has 1 fully saturated rings. The van der Waals surface area contributed by atoms with Gasteiger partial charge in [0.2, 0.25) is 5.95 Å². The molecule has 0 atom stereocenters. The first kappa shape index (κ1) is 19.0. The molecule has 7 heteroatoms. The predicted molar refractivity (Wildman–Crippen MR) is 116 cm³/mol. The number of ether oxygens (including phenoxy) is 1. The van der Waals surface area contributed by atoms with Gasteiger partial charge in [-0.3, -0.25) is 0 Å². The van der Waals surface area contributed by atoms with Gasteiger partial charge >= 0.3 is 0 Å². The third-order valence-electron chi connectivity index (χ3n) is 5.27. The molecule has 1 N–H and O–H groups in total. The maximum absolute atomic E-state index is 5.50. The molecule has 1 aliphatic heterocycles. The first-order valence-electron chi connectivity index (χ1n) is 9.81. The minimum Gasteiger partial charge on any atom is -0.495 e. The number of nitrogens with one attached hydrogen (secondary N) is 1. The Balaban J connectivity index is 1.46. The van der Waals surface area contributed by atoms with E-state index in [1.165, 1.54) is 11.1 Å². The van der Waals surface area contributed by atoms with Gasteiger partial charge in [0.1, 0.15) is 5.75 Å². The van der Waals surface area contributed by atoms with Gasteiger partial charge in [0.15, 0.2) is 5.82 Å². The fourth-order valence-corrected chi connectivity index (χ4v) is 3.67. The molecular weight excluding hydrogens is 364 g/mol. The second-order valence-corrected chi connectivity index (χ2v) is 7.18. The Labute approximate surface area is 171 Å². The first-order valence-corrected chi connectivity index (χ1v) is 9.81. The molecule has 3 aromatic rings. The van der Waals surface area contributed by atoms with Crippen LogP contribution in [0.2, 0.25) is 0 Å². The normalized spacial score (nSPS) is 14.0. The van der Waals surface area contributed by atoms with E-state index in [0.29, 0.717) is 11.8 Å². The van der Waals surface area contributed by atoms with Crippen LogP contribution < -0.4 is 19.9 Å². The lowest BCUT2D eigenvalue weighted by Gasteiger charge is -2.36. The number of hydrogen-bond acceptors (Lipinski definition) is 7. The van der Waals surface area contributed by atoms with Gasteiger partial charge in [-0.1, -0.05) is 30.3 Å². The van der Waals surface area contributed by atoms with Crippen LogP contribution in [-0.2, 0) is 0 Å². The zero-order chi connectivity index (χ0) is 20.2. The zero-order valence-corrected chi connectivity index (χ0v) is 17.1. The molecule has 29 heavy (non-hydrogen) atoms. The van der Waals surface area contributed by atoms with E-state index in [1.54, 1.807) is 13.3 Å². The highest BCUT2D eigenvalue weighted by Crippen LogP contribution is 2.29. The van der Waals surface area contributed by atoms with Crippen molar-refractivity contribution < 1.29 is 4.74 Å². The molecule has 2 aromatic carbocycles. The van der Waals surface area contributed by atoms with Crippen LogP contribution in [-0.4, -0.2) is 48.5 Å². The van der Waals surface area contributed by atoms with Crippen LogP contribution >= 0.6 is 0 Å². The average Bonchev–Trinajstić information content (AvgIpc) is 2.77. The predicted octanol–water partition coefficient (Wildman–Crippen LogP) is 3.57. The summed E-state index contributed by atoms with van der Waals surface area (Å²) in [4.78, 5) is 9.21. The van der Waals surface area contributed by atoms with E-state index in [9.17, 15) is 0 Å². The number of piperazine rings is 1. The van der Waals surface area contributed by atoms with E-state index in [1.807, 2.05) is 18.2 Å². The third-order valence-corrected chi connectivity index (χ3v) is 5.27. The number of nitrogens with zero attached hydrogens (tertiary/aromatic N) is 5. The van der Waals surface area contributed by atoms with E-state index in [-0.39, 0.29) is 0 Å². The molecule has 0 saturated carbocycles. The maximum atomic E-state index is 5.50. The van der Waals surface area contributed by atoms with E-state index in [4.69, 9.17) is 9.72 Å². The second-order valence-electron chi connectivity index (χ2n) is 7.18. The maximum Gasteiger partial charge on any atom is 0.247 e. The van der Waals surface area contributed by atoms with Crippen molar-refractivity contribution in [2.45, 2.75) is 13.8 Å². The van der Waals surface area contributed by atoms with Crippen molar-refractivity contribution in [3.8, 4) is 5.75 Å². The van der Waals surface area contributed by atoms with Crippen LogP contribution in [0.15, 0.2) is 48.7 Å². The molecule has 1 aromatic heterocycles. The third kappa shape index (κ3) is 4.08. The fraction of sp³-hybridized carbons (Fsp3) is 0.318. The Morgan fingerprint density at radius 3 is 2.31 bits per heavy atom. The van der Waals surface area contributed by atoms with E-state index in [2.05, 4.69) is 63.4 Å². The van der Waals surface area contributed by atoms with Crippen molar-refractivity contribution in [3.63, 3.8) is 0 Å². The summed E-state index contributed by atoms with van der Waals surface area (Å²) < 4.78 is 5.50. The van der Waals surface area contributed by atoms with Crippen molar-refractivity contribution in [1.29, 1.82) is 0 Å². The SMILES string of the molecule is COc1ccccc1N1CCN(c2nncc(Nc3c(C)cccc3C)n2)CC1. The molecule has 7 nitrogen and oxygen atoms in total. The summed E-state index contributed by atoms with van der Waals surface area (Å²) in [5.41, 5.74) is 4.55. The Morgan fingerprint density at radius 2 is 1.59 bits per heavy atom. The summed E-state index contributed by atoms with van der Waals surface area (Å²) in [5.74, 6) is 2.26. The smallest absolute Gasteiger partial charge is 0.247 e. The summed E-state index contributed by atoms with van der Waals surface area (Å²) in [5, 5.41) is 11.8. The molecule has 0 unspecified atom stereocenters. The van der Waals surface area contributed by atoms with Crippen molar-refractivity contribution >= 4 is 23.1 Å². The fourth-order valence-electron chi connectivity index (χ4n) is 3.67. The molecule has 0 bridgehead atoms. The molecule has 150 valence electrons. The van der Waals surface area contributed by atoms with Crippen molar-refractivity contribution in [2.75, 3.05) is 48.4 Å². The van der Waals surface area contributed by atoms with Gasteiger partial charge in [-0.15, -0.1) is 5.10 Å². The Kier molecular flexibility index (Phi) is 5.46. The van der Waals surface area contributed by atoms with Gasteiger partial charge in [0, 0.05) is 31.9 Å². The van der Waals surface area contributed by atoms with Crippen molar-refractivity contribution in [3.05, 3.63) is 59.8 Å². The number of para-hydroxylation sites is 3. The summed E-state index contributed by atoms with van der Waals surface area (Å²) in [6.45, 7) is 7.57. The van der Waals surface area contributed by atoms with Crippen LogP contribution in [0.25, 0.3) is 0 Å². The molecule has 0 spiro atoms. The van der Waals surface area contributed by atoms with Gasteiger partial charge < -0.3 is 19.9 Å². The topological polar surface area (TPSA) is 66.4 Å². The number of methoxy groups -OCH3 is 1. The van der Waals surface area contributed by atoms with Crippen molar-refractivity contribution in [1.82, 2.24) is 15.2 Å². The van der Waals surface area contributed by atoms with Gasteiger partial charge in [-0.2, -0.15) is 10.1 Å². The van der Waals surface area contributed by atoms with E-state index >= 15 is 0 Å². The highest BCUT2D eigenvalue weighted by atomic mass is 16.5. The molecule has 0 amide bonds. The number of anilines is 4. The van der Waals surface area contributed by atoms with Gasteiger partial charge in [-0.25, -0.2) is 0 Å². The lowest BCUT2D eigenvalue weighted by atomic mass is 10.1. The summed E-state index contributed by atoms with van der Waals surface area (Å²) in [6, 6.07) is 14.4. The minimum atomic E-state index is 0.654. The van der Waals surface area contributed by atoms with Gasteiger partial charge in [-0.05, 0) is 37.1 Å². The van der Waals surface area contributed by atoms with Gasteiger partial charge in [0.25, 0.3) is 0 Å². The highest BCUT2D eigenvalue weighted by Gasteiger charge is 2.21. The highest BCUT2D eigenvalue weighted by molar-refractivity contribution is 5.64. The van der Waals surface area contributed by atoms with Crippen LogP contribution in [0.5, 0.6) is 5.75 Å². The molecule has 2 heterocycles. The minimum absolute atomic E-state index is 0.654. The Hall–Kier alpha value is -3.35. The van der Waals surface area contributed by atoms with E-state index in [0.717, 1.165) is 43.3 Å². The molecule has 1 aliphatic rings. The van der Waals surface area contributed by atoms with Gasteiger partial charge in [0.05, 0.1) is 19.0 Å². The Bertz CT molecular complexity index is 964. The number of benzene rings is 2. The quantitative estimate of drug-likeness (QED) is 0.714. The molecule has 4 rings (SSSR count). The van der Waals surface area contributed by atoms with Crippen molar-refractivity contribution in [2.24, 2.45) is 0 Å². The lowest BCUT2D eigenvalue weighted by molar-refractivity contribution is 0.413. The molecule has 0 aliphatic carbocycles. The number of hydrogen-bond donors (Lipinski definition) is 1. The van der Waals surface area contributed by atoms with Crippen LogP contribution in [0.3, 0.4) is 0 Å². The monoisotopic (exact) mass is 390 g/mol.